The molecule has 6 heteroatoms. The highest BCUT2D eigenvalue weighted by Crippen LogP contribution is 2.31. The van der Waals surface area contributed by atoms with Crippen molar-refractivity contribution in [2.75, 3.05) is 11.9 Å². The van der Waals surface area contributed by atoms with Crippen molar-refractivity contribution in [3.8, 4) is 0 Å². The molecule has 20 heavy (non-hydrogen) atoms. The van der Waals surface area contributed by atoms with Crippen molar-refractivity contribution in [1.82, 2.24) is 0 Å². The summed E-state index contributed by atoms with van der Waals surface area (Å²) in [5.41, 5.74) is 0.0211. The molecule has 0 atom stereocenters. The van der Waals surface area contributed by atoms with Crippen LogP contribution in [0.1, 0.15) is 38.5 Å². The summed E-state index contributed by atoms with van der Waals surface area (Å²) in [4.78, 5) is 10.4. The van der Waals surface area contributed by atoms with E-state index in [1.54, 1.807) is 0 Å². The van der Waals surface area contributed by atoms with Crippen LogP contribution in [0.3, 0.4) is 0 Å². The van der Waals surface area contributed by atoms with Crippen LogP contribution in [0.4, 0.5) is 15.8 Å². The number of hydrogen-bond donors (Lipinski definition) is 1. The molecule has 0 aromatic heterocycles. The Morgan fingerprint density at radius 3 is 2.70 bits per heavy atom. The van der Waals surface area contributed by atoms with Gasteiger partial charge in [0.05, 0.1) is 9.95 Å². The van der Waals surface area contributed by atoms with Gasteiger partial charge in [-0.1, -0.05) is 43.7 Å². The van der Waals surface area contributed by atoms with Gasteiger partial charge in [0.1, 0.15) is 11.5 Å². The molecule has 1 fully saturated rings. The van der Waals surface area contributed by atoms with Gasteiger partial charge in [0.2, 0.25) is 0 Å². The molecule has 1 saturated carbocycles. The van der Waals surface area contributed by atoms with Crippen LogP contribution in [0, 0.1) is 21.8 Å². The highest BCUT2D eigenvalue weighted by molar-refractivity contribution is 6.31. The Hall–Kier alpha value is -1.36. The molecule has 1 aliphatic carbocycles. The summed E-state index contributed by atoms with van der Waals surface area (Å²) in [5, 5.41) is 13.7. The van der Waals surface area contributed by atoms with Gasteiger partial charge in [0.15, 0.2) is 0 Å². The fourth-order valence-corrected chi connectivity index (χ4v) is 2.87. The molecule has 0 amide bonds. The predicted octanol–water partition coefficient (Wildman–Crippen LogP) is 4.77. The Labute approximate surface area is 122 Å². The van der Waals surface area contributed by atoms with E-state index in [-0.39, 0.29) is 16.4 Å². The smallest absolute Gasteiger partial charge is 0.294 e. The molecule has 110 valence electrons. The highest BCUT2D eigenvalue weighted by Gasteiger charge is 2.18. The van der Waals surface area contributed by atoms with Gasteiger partial charge in [-0.3, -0.25) is 10.1 Å². The number of nitro benzene ring substituents is 1. The van der Waals surface area contributed by atoms with E-state index in [2.05, 4.69) is 5.32 Å². The first-order valence-electron chi connectivity index (χ1n) is 6.95. The first-order valence-corrected chi connectivity index (χ1v) is 7.33. The third-order valence-corrected chi connectivity index (χ3v) is 4.12. The Bertz CT molecular complexity index is 490. The van der Waals surface area contributed by atoms with Crippen LogP contribution >= 0.6 is 11.6 Å². The molecule has 0 heterocycles. The monoisotopic (exact) mass is 300 g/mol. The average molecular weight is 301 g/mol. The van der Waals surface area contributed by atoms with Gasteiger partial charge in [-0.2, -0.15) is 0 Å². The molecule has 0 unspecified atom stereocenters. The number of nitrogens with zero attached hydrogens (tertiary/aromatic N) is 1. The SMILES string of the molecule is O=[N+]([O-])c1cc(Cl)c(F)cc1NCCC1CCCCC1. The summed E-state index contributed by atoms with van der Waals surface area (Å²) >= 11 is 5.58. The largest absolute Gasteiger partial charge is 0.379 e. The lowest BCUT2D eigenvalue weighted by Crippen LogP contribution is -2.13. The van der Waals surface area contributed by atoms with Crippen LogP contribution in [-0.4, -0.2) is 11.5 Å². The van der Waals surface area contributed by atoms with Gasteiger partial charge < -0.3 is 5.32 Å². The van der Waals surface area contributed by atoms with E-state index < -0.39 is 10.7 Å². The molecule has 0 aliphatic heterocycles. The first-order chi connectivity index (χ1) is 9.58. The Kier molecular flexibility index (Phi) is 5.17. The molecular weight excluding hydrogens is 283 g/mol. The van der Waals surface area contributed by atoms with Crippen LogP contribution in [0.2, 0.25) is 5.02 Å². The molecular formula is C14H18ClFN2O2. The van der Waals surface area contributed by atoms with Crippen molar-refractivity contribution in [3.05, 3.63) is 33.1 Å². The van der Waals surface area contributed by atoms with E-state index in [1.807, 2.05) is 0 Å². The standard InChI is InChI=1S/C14H18ClFN2O2/c15-11-8-14(18(19)20)13(9-12(11)16)17-7-6-10-4-2-1-3-5-10/h8-10,17H,1-7H2. The van der Waals surface area contributed by atoms with E-state index in [0.29, 0.717) is 12.5 Å². The number of benzene rings is 1. The minimum absolute atomic E-state index is 0.181. The number of anilines is 1. The second kappa shape index (κ2) is 6.88. The summed E-state index contributed by atoms with van der Waals surface area (Å²) in [6, 6.07) is 2.15. The molecule has 2 rings (SSSR count). The van der Waals surface area contributed by atoms with Crippen molar-refractivity contribution in [1.29, 1.82) is 0 Å². The second-order valence-electron chi connectivity index (χ2n) is 5.26. The molecule has 4 nitrogen and oxygen atoms in total. The van der Waals surface area contributed by atoms with E-state index >= 15 is 0 Å². The number of nitro groups is 1. The summed E-state index contributed by atoms with van der Waals surface area (Å²) in [7, 11) is 0. The lowest BCUT2D eigenvalue weighted by Gasteiger charge is -2.21. The molecule has 0 radical (unpaired) electrons. The summed E-state index contributed by atoms with van der Waals surface area (Å²) < 4.78 is 13.4. The summed E-state index contributed by atoms with van der Waals surface area (Å²) in [5.74, 6) is 0.0323. The van der Waals surface area contributed by atoms with E-state index in [9.17, 15) is 14.5 Å². The Morgan fingerprint density at radius 2 is 2.05 bits per heavy atom. The van der Waals surface area contributed by atoms with Gasteiger partial charge in [0, 0.05) is 18.7 Å². The number of hydrogen-bond acceptors (Lipinski definition) is 3. The van der Waals surface area contributed by atoms with Crippen LogP contribution in [0.5, 0.6) is 0 Å². The summed E-state index contributed by atoms with van der Waals surface area (Å²) in [6.07, 6.45) is 7.23. The van der Waals surface area contributed by atoms with E-state index in [0.717, 1.165) is 18.6 Å². The zero-order valence-electron chi connectivity index (χ0n) is 11.2. The van der Waals surface area contributed by atoms with E-state index in [4.69, 9.17) is 11.6 Å². The molecule has 1 aromatic rings. The fourth-order valence-electron chi connectivity index (χ4n) is 2.72. The van der Waals surface area contributed by atoms with Crippen molar-refractivity contribution in [2.24, 2.45) is 5.92 Å². The maximum atomic E-state index is 13.4. The third-order valence-electron chi connectivity index (χ3n) is 3.83. The van der Waals surface area contributed by atoms with Crippen molar-refractivity contribution >= 4 is 23.0 Å². The maximum Gasteiger partial charge on any atom is 0.294 e. The summed E-state index contributed by atoms with van der Waals surface area (Å²) in [6.45, 7) is 0.618. The van der Waals surface area contributed by atoms with Crippen molar-refractivity contribution in [2.45, 2.75) is 38.5 Å². The lowest BCUT2D eigenvalue weighted by atomic mass is 9.87. The van der Waals surface area contributed by atoms with E-state index in [1.165, 1.54) is 32.1 Å². The first kappa shape index (κ1) is 15.0. The zero-order valence-corrected chi connectivity index (χ0v) is 12.0. The fraction of sp³-hybridized carbons (Fsp3) is 0.571. The minimum Gasteiger partial charge on any atom is -0.379 e. The average Bonchev–Trinajstić information content (AvgIpc) is 2.43. The van der Waals surface area contributed by atoms with Gasteiger partial charge >= 0.3 is 0 Å². The zero-order chi connectivity index (χ0) is 14.5. The molecule has 1 aromatic carbocycles. The highest BCUT2D eigenvalue weighted by atomic mass is 35.5. The quantitative estimate of drug-likeness (QED) is 0.629. The third kappa shape index (κ3) is 3.82. The number of nitrogens with one attached hydrogen (secondary N) is 1. The van der Waals surface area contributed by atoms with Crippen LogP contribution in [-0.2, 0) is 0 Å². The van der Waals surface area contributed by atoms with Crippen LogP contribution < -0.4 is 5.32 Å². The Morgan fingerprint density at radius 1 is 1.35 bits per heavy atom. The minimum atomic E-state index is -0.641. The number of halogens is 2. The molecule has 0 spiro atoms. The van der Waals surface area contributed by atoms with Crippen LogP contribution in [0.25, 0.3) is 0 Å². The normalized spacial score (nSPS) is 16.1. The molecule has 1 aliphatic rings. The van der Waals surface area contributed by atoms with Gasteiger partial charge in [0.25, 0.3) is 5.69 Å². The molecule has 0 bridgehead atoms. The Balaban J connectivity index is 1.97. The maximum absolute atomic E-state index is 13.4. The van der Waals surface area contributed by atoms with Gasteiger partial charge in [-0.05, 0) is 12.3 Å². The molecule has 0 saturated heterocycles. The van der Waals surface area contributed by atoms with Crippen molar-refractivity contribution < 1.29 is 9.31 Å². The van der Waals surface area contributed by atoms with Gasteiger partial charge in [-0.25, -0.2) is 4.39 Å². The van der Waals surface area contributed by atoms with Crippen molar-refractivity contribution in [3.63, 3.8) is 0 Å². The second-order valence-corrected chi connectivity index (χ2v) is 5.67. The van der Waals surface area contributed by atoms with Gasteiger partial charge in [-0.15, -0.1) is 0 Å². The lowest BCUT2D eigenvalue weighted by molar-refractivity contribution is -0.384. The number of rotatable bonds is 5. The predicted molar refractivity (Wildman–Crippen MR) is 77.7 cm³/mol. The topological polar surface area (TPSA) is 55.2 Å². The van der Waals surface area contributed by atoms with Crippen LogP contribution in [0.15, 0.2) is 12.1 Å². The molecule has 1 N–H and O–H groups in total.